The Balaban J connectivity index is 1.67. The van der Waals surface area contributed by atoms with Crippen molar-refractivity contribution in [2.24, 2.45) is 0 Å². The highest BCUT2D eigenvalue weighted by molar-refractivity contribution is 5.77. The van der Waals surface area contributed by atoms with Gasteiger partial charge in [-0.2, -0.15) is 0 Å². The number of fused-ring (bicyclic) bond motifs is 1. The van der Waals surface area contributed by atoms with E-state index in [2.05, 4.69) is 20.9 Å². The number of aromatic nitrogens is 3. The minimum Gasteiger partial charge on any atom is -0.309 e. The van der Waals surface area contributed by atoms with Gasteiger partial charge in [-0.25, -0.2) is 4.98 Å². The quantitative estimate of drug-likeness (QED) is 0.808. The molecule has 5 heteroatoms. The standard InChI is InChI=1S/C18H18N4O/c23-18-14-6-1-2-7-15(14)20-17(21-18)16-8-4-10-22(16)12-13-5-3-9-19-11-13/h1-3,5-7,9,11,16H,4,8,10,12H2,(H,20,21,23). The molecule has 3 aromatic rings. The summed E-state index contributed by atoms with van der Waals surface area (Å²) in [6.07, 6.45) is 5.81. The summed E-state index contributed by atoms with van der Waals surface area (Å²) < 4.78 is 0. The van der Waals surface area contributed by atoms with E-state index in [0.717, 1.165) is 37.3 Å². The predicted octanol–water partition coefficient (Wildman–Crippen LogP) is 2.66. The lowest BCUT2D eigenvalue weighted by molar-refractivity contribution is 0.239. The number of aromatic amines is 1. The van der Waals surface area contributed by atoms with Crippen LogP contribution in [-0.2, 0) is 6.54 Å². The van der Waals surface area contributed by atoms with E-state index in [-0.39, 0.29) is 11.6 Å². The normalized spacial score (nSPS) is 18.5. The molecule has 1 N–H and O–H groups in total. The van der Waals surface area contributed by atoms with E-state index < -0.39 is 0 Å². The van der Waals surface area contributed by atoms with Crippen molar-refractivity contribution in [3.05, 3.63) is 70.5 Å². The van der Waals surface area contributed by atoms with Crippen molar-refractivity contribution in [2.45, 2.75) is 25.4 Å². The van der Waals surface area contributed by atoms with Gasteiger partial charge in [0.1, 0.15) is 5.82 Å². The fourth-order valence-corrected chi connectivity index (χ4v) is 3.31. The van der Waals surface area contributed by atoms with Crippen molar-refractivity contribution >= 4 is 10.9 Å². The van der Waals surface area contributed by atoms with Crippen LogP contribution >= 0.6 is 0 Å². The molecule has 23 heavy (non-hydrogen) atoms. The molecule has 1 atom stereocenters. The van der Waals surface area contributed by atoms with Gasteiger partial charge in [0.2, 0.25) is 0 Å². The molecule has 0 saturated carbocycles. The zero-order valence-electron chi connectivity index (χ0n) is 12.8. The van der Waals surface area contributed by atoms with E-state index in [1.165, 1.54) is 5.56 Å². The van der Waals surface area contributed by atoms with Crippen LogP contribution in [0, 0.1) is 0 Å². The van der Waals surface area contributed by atoms with Crippen LogP contribution in [0.25, 0.3) is 10.9 Å². The highest BCUT2D eigenvalue weighted by atomic mass is 16.1. The van der Waals surface area contributed by atoms with E-state index in [1.807, 2.05) is 36.5 Å². The highest BCUT2D eigenvalue weighted by Gasteiger charge is 2.28. The van der Waals surface area contributed by atoms with Crippen molar-refractivity contribution in [1.82, 2.24) is 19.9 Å². The van der Waals surface area contributed by atoms with Gasteiger partial charge >= 0.3 is 0 Å². The first-order valence-electron chi connectivity index (χ1n) is 7.93. The lowest BCUT2D eigenvalue weighted by Crippen LogP contribution is -2.26. The van der Waals surface area contributed by atoms with Crippen LogP contribution in [0.2, 0.25) is 0 Å². The van der Waals surface area contributed by atoms with Gasteiger partial charge in [0.15, 0.2) is 0 Å². The molecule has 116 valence electrons. The summed E-state index contributed by atoms with van der Waals surface area (Å²) in [5, 5.41) is 0.646. The smallest absolute Gasteiger partial charge is 0.258 e. The van der Waals surface area contributed by atoms with E-state index in [1.54, 1.807) is 6.20 Å². The minimum absolute atomic E-state index is 0.0566. The Kier molecular flexibility index (Phi) is 3.63. The zero-order valence-corrected chi connectivity index (χ0v) is 12.8. The molecular weight excluding hydrogens is 288 g/mol. The first-order chi connectivity index (χ1) is 11.3. The summed E-state index contributed by atoms with van der Waals surface area (Å²) in [4.78, 5) is 26.5. The Morgan fingerprint density at radius 2 is 2.13 bits per heavy atom. The van der Waals surface area contributed by atoms with Gasteiger partial charge in [0, 0.05) is 18.9 Å². The zero-order chi connectivity index (χ0) is 15.6. The first kappa shape index (κ1) is 14.1. The maximum Gasteiger partial charge on any atom is 0.258 e. The molecule has 4 rings (SSSR count). The number of nitrogens with one attached hydrogen (secondary N) is 1. The third-order valence-corrected chi connectivity index (χ3v) is 4.42. The Hall–Kier alpha value is -2.53. The largest absolute Gasteiger partial charge is 0.309 e. The van der Waals surface area contributed by atoms with Crippen LogP contribution in [0.15, 0.2) is 53.6 Å². The summed E-state index contributed by atoms with van der Waals surface area (Å²) in [7, 11) is 0. The summed E-state index contributed by atoms with van der Waals surface area (Å²) >= 11 is 0. The predicted molar refractivity (Wildman–Crippen MR) is 89.0 cm³/mol. The minimum atomic E-state index is -0.0566. The molecule has 0 aliphatic carbocycles. The third-order valence-electron chi connectivity index (χ3n) is 4.42. The van der Waals surface area contributed by atoms with E-state index in [0.29, 0.717) is 5.39 Å². The lowest BCUT2D eigenvalue weighted by Gasteiger charge is -2.23. The number of H-pyrrole nitrogens is 1. The second-order valence-electron chi connectivity index (χ2n) is 5.96. The topological polar surface area (TPSA) is 61.9 Å². The molecule has 2 aromatic heterocycles. The second-order valence-corrected chi connectivity index (χ2v) is 5.96. The summed E-state index contributed by atoms with van der Waals surface area (Å²) in [6, 6.07) is 11.7. The molecule has 3 heterocycles. The Morgan fingerprint density at radius 3 is 3.00 bits per heavy atom. The lowest BCUT2D eigenvalue weighted by atomic mass is 10.1. The van der Waals surface area contributed by atoms with Gasteiger partial charge in [-0.05, 0) is 43.1 Å². The number of hydrogen-bond donors (Lipinski definition) is 1. The van der Waals surface area contributed by atoms with Crippen molar-refractivity contribution in [3.8, 4) is 0 Å². The molecule has 0 bridgehead atoms. The Labute approximate surface area is 134 Å². The van der Waals surface area contributed by atoms with Gasteiger partial charge in [0.25, 0.3) is 5.56 Å². The third kappa shape index (κ3) is 2.75. The van der Waals surface area contributed by atoms with Crippen molar-refractivity contribution in [3.63, 3.8) is 0 Å². The molecule has 0 spiro atoms. The Bertz CT molecular complexity index is 875. The first-order valence-corrected chi connectivity index (χ1v) is 7.93. The van der Waals surface area contributed by atoms with Crippen LogP contribution in [0.3, 0.4) is 0 Å². The Morgan fingerprint density at radius 1 is 1.22 bits per heavy atom. The molecule has 1 fully saturated rings. The van der Waals surface area contributed by atoms with E-state index >= 15 is 0 Å². The van der Waals surface area contributed by atoms with Crippen LogP contribution in [0.1, 0.15) is 30.3 Å². The molecular formula is C18H18N4O. The molecule has 1 aliphatic heterocycles. The molecule has 1 aromatic carbocycles. The van der Waals surface area contributed by atoms with Crippen LogP contribution in [0.5, 0.6) is 0 Å². The summed E-state index contributed by atoms with van der Waals surface area (Å²) in [6.45, 7) is 1.84. The van der Waals surface area contributed by atoms with Crippen molar-refractivity contribution in [1.29, 1.82) is 0 Å². The average molecular weight is 306 g/mol. The number of para-hydroxylation sites is 1. The number of likely N-dealkylation sites (tertiary alicyclic amines) is 1. The number of nitrogens with zero attached hydrogens (tertiary/aromatic N) is 3. The average Bonchev–Trinajstić information content (AvgIpc) is 3.04. The summed E-state index contributed by atoms with van der Waals surface area (Å²) in [5.41, 5.74) is 1.89. The molecule has 1 saturated heterocycles. The highest BCUT2D eigenvalue weighted by Crippen LogP contribution is 2.31. The number of pyridine rings is 1. The fraction of sp³-hybridized carbons (Fsp3) is 0.278. The number of benzene rings is 1. The van der Waals surface area contributed by atoms with Crippen molar-refractivity contribution < 1.29 is 0 Å². The fourth-order valence-electron chi connectivity index (χ4n) is 3.31. The van der Waals surface area contributed by atoms with Crippen molar-refractivity contribution in [2.75, 3.05) is 6.54 Å². The SMILES string of the molecule is O=c1[nH]c(C2CCCN2Cc2cccnc2)nc2ccccc12. The summed E-state index contributed by atoms with van der Waals surface area (Å²) in [5.74, 6) is 0.773. The van der Waals surface area contributed by atoms with Gasteiger partial charge in [-0.1, -0.05) is 18.2 Å². The maximum absolute atomic E-state index is 12.3. The number of hydrogen-bond acceptors (Lipinski definition) is 4. The second kappa shape index (κ2) is 5.93. The molecule has 0 amide bonds. The molecule has 1 aliphatic rings. The monoisotopic (exact) mass is 306 g/mol. The molecule has 1 unspecified atom stereocenters. The molecule has 5 nitrogen and oxygen atoms in total. The van der Waals surface area contributed by atoms with Gasteiger partial charge in [-0.3, -0.25) is 14.7 Å². The van der Waals surface area contributed by atoms with E-state index in [4.69, 9.17) is 4.98 Å². The van der Waals surface area contributed by atoms with Gasteiger partial charge in [-0.15, -0.1) is 0 Å². The van der Waals surface area contributed by atoms with Crippen LogP contribution in [0.4, 0.5) is 0 Å². The molecule has 0 radical (unpaired) electrons. The number of rotatable bonds is 3. The van der Waals surface area contributed by atoms with E-state index in [9.17, 15) is 4.79 Å². The van der Waals surface area contributed by atoms with Crippen LogP contribution in [-0.4, -0.2) is 26.4 Å². The van der Waals surface area contributed by atoms with Gasteiger partial charge < -0.3 is 4.98 Å². The van der Waals surface area contributed by atoms with Gasteiger partial charge in [0.05, 0.1) is 16.9 Å². The maximum atomic E-state index is 12.3. The van der Waals surface area contributed by atoms with Crippen LogP contribution < -0.4 is 5.56 Å².